The second kappa shape index (κ2) is 5.07. The molecule has 0 spiro atoms. The van der Waals surface area contributed by atoms with E-state index in [1.807, 2.05) is 0 Å². The molecular weight excluding hydrogens is 136 g/mol. The molecule has 0 rings (SSSR count). The summed E-state index contributed by atoms with van der Waals surface area (Å²) in [4.78, 5) is 0. The van der Waals surface area contributed by atoms with E-state index in [0.717, 1.165) is 13.0 Å². The highest BCUT2D eigenvalue weighted by Gasteiger charge is 2.10. The minimum Gasteiger partial charge on any atom is -0.384 e. The van der Waals surface area contributed by atoms with Crippen molar-refractivity contribution in [3.05, 3.63) is 0 Å². The Morgan fingerprint density at radius 3 is 2.44 bits per heavy atom. The summed E-state index contributed by atoms with van der Waals surface area (Å²) < 4.78 is 4.94. The summed E-state index contributed by atoms with van der Waals surface area (Å²) in [6, 6.07) is 0. The van der Waals surface area contributed by atoms with Crippen molar-refractivity contribution < 1.29 is 4.74 Å². The van der Waals surface area contributed by atoms with Crippen LogP contribution in [-0.2, 0) is 4.74 Å². The fourth-order valence-corrected chi connectivity index (χ4v) is 0.842. The molecular formula is C7H15ClO. The molecule has 0 heterocycles. The quantitative estimate of drug-likeness (QED) is 0.559. The predicted octanol–water partition coefficient (Wildman–Crippen LogP) is 2.29. The van der Waals surface area contributed by atoms with Gasteiger partial charge in [-0.2, -0.15) is 0 Å². The summed E-state index contributed by atoms with van der Waals surface area (Å²) in [5.74, 6) is 0.474. The van der Waals surface area contributed by atoms with Gasteiger partial charge in [0, 0.05) is 12.5 Å². The Morgan fingerprint density at radius 2 is 2.11 bits per heavy atom. The monoisotopic (exact) mass is 150 g/mol. The van der Waals surface area contributed by atoms with Crippen LogP contribution in [-0.4, -0.2) is 19.1 Å². The fourth-order valence-electron chi connectivity index (χ4n) is 0.770. The van der Waals surface area contributed by atoms with E-state index < -0.39 is 0 Å². The second-order valence-corrected chi connectivity index (χ2v) is 2.92. The second-order valence-electron chi connectivity index (χ2n) is 2.36. The standard InChI is InChI=1S/C7H15ClO/c1-4-7(8)6(2)5-9-3/h6-7H,4-5H2,1-3H3. The van der Waals surface area contributed by atoms with Crippen molar-refractivity contribution in [1.29, 1.82) is 0 Å². The molecule has 0 saturated carbocycles. The summed E-state index contributed by atoms with van der Waals surface area (Å²) >= 11 is 5.91. The van der Waals surface area contributed by atoms with Crippen LogP contribution in [0.5, 0.6) is 0 Å². The molecule has 0 radical (unpaired) electrons. The highest BCUT2D eigenvalue weighted by atomic mass is 35.5. The maximum absolute atomic E-state index is 5.91. The third kappa shape index (κ3) is 3.77. The Hall–Kier alpha value is 0.250. The number of alkyl halides is 1. The smallest absolute Gasteiger partial charge is 0.0501 e. The van der Waals surface area contributed by atoms with Crippen LogP contribution in [0.15, 0.2) is 0 Å². The van der Waals surface area contributed by atoms with Crippen LogP contribution in [0.4, 0.5) is 0 Å². The third-order valence-electron chi connectivity index (χ3n) is 1.44. The number of ether oxygens (including phenoxy) is 1. The van der Waals surface area contributed by atoms with Gasteiger partial charge in [0.1, 0.15) is 0 Å². The normalized spacial score (nSPS) is 17.3. The molecule has 0 aliphatic heterocycles. The average molecular weight is 151 g/mol. The molecule has 0 aliphatic rings. The first-order chi connectivity index (χ1) is 4.22. The summed E-state index contributed by atoms with van der Waals surface area (Å²) in [6.07, 6.45) is 1.02. The van der Waals surface area contributed by atoms with Gasteiger partial charge in [-0.3, -0.25) is 0 Å². The highest BCUT2D eigenvalue weighted by molar-refractivity contribution is 6.20. The first kappa shape index (κ1) is 9.25. The molecule has 0 fully saturated rings. The molecule has 0 aromatic carbocycles. The minimum absolute atomic E-state index is 0.268. The van der Waals surface area contributed by atoms with Crippen molar-refractivity contribution in [2.45, 2.75) is 25.6 Å². The van der Waals surface area contributed by atoms with E-state index in [4.69, 9.17) is 16.3 Å². The van der Waals surface area contributed by atoms with Gasteiger partial charge >= 0.3 is 0 Å². The van der Waals surface area contributed by atoms with Crippen LogP contribution < -0.4 is 0 Å². The van der Waals surface area contributed by atoms with Gasteiger partial charge in [-0.25, -0.2) is 0 Å². The summed E-state index contributed by atoms with van der Waals surface area (Å²) in [5, 5.41) is 0.268. The molecule has 0 saturated heterocycles. The topological polar surface area (TPSA) is 9.23 Å². The first-order valence-corrected chi connectivity index (χ1v) is 3.79. The Balaban J connectivity index is 3.32. The van der Waals surface area contributed by atoms with Crippen LogP contribution in [0.25, 0.3) is 0 Å². The Morgan fingerprint density at radius 1 is 1.56 bits per heavy atom. The maximum Gasteiger partial charge on any atom is 0.0501 e. The van der Waals surface area contributed by atoms with Crippen LogP contribution in [0.1, 0.15) is 20.3 Å². The lowest BCUT2D eigenvalue weighted by atomic mass is 10.1. The Labute approximate surface area is 62.3 Å². The Bertz CT molecular complexity index is 65.9. The number of hydrogen-bond donors (Lipinski definition) is 0. The van der Waals surface area contributed by atoms with E-state index in [9.17, 15) is 0 Å². The number of methoxy groups -OCH3 is 1. The number of rotatable bonds is 4. The van der Waals surface area contributed by atoms with Gasteiger partial charge < -0.3 is 4.74 Å². The molecule has 56 valence electrons. The zero-order valence-corrected chi connectivity index (χ0v) is 7.11. The van der Waals surface area contributed by atoms with Crippen LogP contribution in [0.3, 0.4) is 0 Å². The van der Waals surface area contributed by atoms with Crippen LogP contribution in [0.2, 0.25) is 0 Å². The van der Waals surface area contributed by atoms with Crippen molar-refractivity contribution in [3.63, 3.8) is 0 Å². The zero-order chi connectivity index (χ0) is 7.28. The van der Waals surface area contributed by atoms with Crippen molar-refractivity contribution in [1.82, 2.24) is 0 Å². The lowest BCUT2D eigenvalue weighted by Gasteiger charge is -2.14. The SMILES string of the molecule is CCC(Cl)C(C)COC. The van der Waals surface area contributed by atoms with Crippen LogP contribution >= 0.6 is 11.6 Å². The fraction of sp³-hybridized carbons (Fsp3) is 1.00. The number of hydrogen-bond acceptors (Lipinski definition) is 1. The molecule has 0 bridgehead atoms. The van der Waals surface area contributed by atoms with Gasteiger partial charge in [0.05, 0.1) is 6.61 Å². The van der Waals surface area contributed by atoms with E-state index >= 15 is 0 Å². The molecule has 0 aliphatic carbocycles. The van der Waals surface area contributed by atoms with Crippen molar-refractivity contribution in [2.24, 2.45) is 5.92 Å². The third-order valence-corrected chi connectivity index (χ3v) is 2.18. The average Bonchev–Trinajstić information content (AvgIpc) is 1.87. The van der Waals surface area contributed by atoms with Crippen molar-refractivity contribution >= 4 is 11.6 Å². The van der Waals surface area contributed by atoms with E-state index in [1.165, 1.54) is 0 Å². The maximum atomic E-state index is 5.91. The molecule has 0 amide bonds. The van der Waals surface area contributed by atoms with E-state index in [0.29, 0.717) is 5.92 Å². The molecule has 0 N–H and O–H groups in total. The first-order valence-electron chi connectivity index (χ1n) is 3.35. The minimum atomic E-state index is 0.268. The van der Waals surface area contributed by atoms with Crippen molar-refractivity contribution in [3.8, 4) is 0 Å². The molecule has 0 aromatic rings. The number of halogens is 1. The molecule has 2 unspecified atom stereocenters. The van der Waals surface area contributed by atoms with Gasteiger partial charge in [0.15, 0.2) is 0 Å². The highest BCUT2D eigenvalue weighted by Crippen LogP contribution is 2.13. The molecule has 1 nitrogen and oxygen atoms in total. The van der Waals surface area contributed by atoms with E-state index in [2.05, 4.69) is 13.8 Å². The zero-order valence-electron chi connectivity index (χ0n) is 6.36. The summed E-state index contributed by atoms with van der Waals surface area (Å²) in [6.45, 7) is 4.95. The van der Waals surface area contributed by atoms with Gasteiger partial charge in [-0.1, -0.05) is 13.8 Å². The lowest BCUT2D eigenvalue weighted by molar-refractivity contribution is 0.157. The van der Waals surface area contributed by atoms with Gasteiger partial charge in [0.25, 0.3) is 0 Å². The van der Waals surface area contributed by atoms with Gasteiger partial charge in [0.2, 0.25) is 0 Å². The lowest BCUT2D eigenvalue weighted by Crippen LogP contribution is -2.15. The summed E-state index contributed by atoms with van der Waals surface area (Å²) in [7, 11) is 1.70. The molecule has 2 heteroatoms. The Kier molecular flexibility index (Phi) is 5.21. The molecule has 2 atom stereocenters. The largest absolute Gasteiger partial charge is 0.384 e. The van der Waals surface area contributed by atoms with Crippen molar-refractivity contribution in [2.75, 3.05) is 13.7 Å². The summed E-state index contributed by atoms with van der Waals surface area (Å²) in [5.41, 5.74) is 0. The predicted molar refractivity (Wildman–Crippen MR) is 41.0 cm³/mol. The van der Waals surface area contributed by atoms with Gasteiger partial charge in [-0.05, 0) is 12.3 Å². The molecule has 0 aromatic heterocycles. The van der Waals surface area contributed by atoms with E-state index in [-0.39, 0.29) is 5.38 Å². The molecule has 9 heavy (non-hydrogen) atoms. The van der Waals surface area contributed by atoms with Crippen LogP contribution in [0, 0.1) is 5.92 Å². The van der Waals surface area contributed by atoms with Gasteiger partial charge in [-0.15, -0.1) is 11.6 Å². The van der Waals surface area contributed by atoms with E-state index in [1.54, 1.807) is 7.11 Å².